The normalized spacial score (nSPS) is 18.4. The highest BCUT2D eigenvalue weighted by Gasteiger charge is 2.31. The smallest absolute Gasteiger partial charge is 0.156 e. The first-order valence-electron chi connectivity index (χ1n) is 6.45. The Balaban J connectivity index is 2.51. The van der Waals surface area contributed by atoms with Crippen molar-refractivity contribution in [3.63, 3.8) is 0 Å². The zero-order valence-electron chi connectivity index (χ0n) is 11.5. The van der Waals surface area contributed by atoms with Crippen LogP contribution >= 0.6 is 0 Å². The van der Waals surface area contributed by atoms with Crippen LogP contribution in [0.4, 0.5) is 0 Å². The van der Waals surface area contributed by atoms with Crippen LogP contribution in [0.3, 0.4) is 0 Å². The highest BCUT2D eigenvalue weighted by Crippen LogP contribution is 2.17. The summed E-state index contributed by atoms with van der Waals surface area (Å²) in [5.74, 6) is 0.271. The summed E-state index contributed by atoms with van der Waals surface area (Å²) >= 11 is 0. The van der Waals surface area contributed by atoms with Gasteiger partial charge >= 0.3 is 0 Å². The van der Waals surface area contributed by atoms with Gasteiger partial charge in [0.15, 0.2) is 9.84 Å². The van der Waals surface area contributed by atoms with E-state index in [0.29, 0.717) is 12.6 Å². The van der Waals surface area contributed by atoms with Crippen molar-refractivity contribution in [2.45, 2.75) is 44.9 Å². The lowest BCUT2D eigenvalue weighted by atomic mass is 10.1. The molecule has 1 saturated heterocycles. The average molecular weight is 262 g/mol. The number of rotatable bonds is 6. The van der Waals surface area contributed by atoms with Crippen molar-refractivity contribution in [3.05, 3.63) is 0 Å². The van der Waals surface area contributed by atoms with Gasteiger partial charge < -0.3 is 5.32 Å². The Morgan fingerprint density at radius 2 is 1.82 bits per heavy atom. The van der Waals surface area contributed by atoms with Gasteiger partial charge in [-0.25, -0.2) is 8.42 Å². The maximum absolute atomic E-state index is 12.0. The summed E-state index contributed by atoms with van der Waals surface area (Å²) in [7, 11) is -2.99. The predicted molar refractivity (Wildman–Crippen MR) is 72.1 cm³/mol. The molecule has 1 aliphatic rings. The predicted octanol–water partition coefficient (Wildman–Crippen LogP) is 0.884. The van der Waals surface area contributed by atoms with E-state index < -0.39 is 14.6 Å². The van der Waals surface area contributed by atoms with E-state index in [0.717, 1.165) is 26.1 Å². The summed E-state index contributed by atoms with van der Waals surface area (Å²) in [6, 6.07) is 0.533. The minimum Gasteiger partial charge on any atom is -0.314 e. The Labute approximate surface area is 106 Å². The van der Waals surface area contributed by atoms with E-state index in [1.165, 1.54) is 0 Å². The second-order valence-electron chi connectivity index (χ2n) is 5.78. The van der Waals surface area contributed by atoms with Gasteiger partial charge in [-0.3, -0.25) is 4.90 Å². The first kappa shape index (κ1) is 14.9. The first-order chi connectivity index (χ1) is 7.78. The molecular formula is C12H26N2O2S. The summed E-state index contributed by atoms with van der Waals surface area (Å²) in [4.78, 5) is 2.31. The van der Waals surface area contributed by atoms with E-state index in [4.69, 9.17) is 0 Å². The average Bonchev–Trinajstić information content (AvgIpc) is 2.10. The molecule has 1 rings (SSSR count). The third kappa shape index (κ3) is 3.93. The van der Waals surface area contributed by atoms with Crippen molar-refractivity contribution in [2.24, 2.45) is 0 Å². The van der Waals surface area contributed by atoms with E-state index in [1.54, 1.807) is 20.8 Å². The summed E-state index contributed by atoms with van der Waals surface area (Å²) in [5.41, 5.74) is 0. The Morgan fingerprint density at radius 1 is 1.24 bits per heavy atom. The molecule has 1 heterocycles. The molecule has 0 aromatic rings. The van der Waals surface area contributed by atoms with Gasteiger partial charge in [-0.05, 0) is 33.7 Å². The van der Waals surface area contributed by atoms with Crippen LogP contribution in [0.2, 0.25) is 0 Å². The van der Waals surface area contributed by atoms with Crippen LogP contribution in [0.5, 0.6) is 0 Å². The molecule has 0 amide bonds. The Morgan fingerprint density at radius 3 is 2.18 bits per heavy atom. The van der Waals surface area contributed by atoms with E-state index >= 15 is 0 Å². The summed E-state index contributed by atoms with van der Waals surface area (Å²) in [6.07, 6.45) is 1.08. The number of nitrogens with zero attached hydrogens (tertiary/aromatic N) is 1. The van der Waals surface area contributed by atoms with Crippen molar-refractivity contribution in [2.75, 3.05) is 31.9 Å². The number of sulfone groups is 1. The highest BCUT2D eigenvalue weighted by molar-refractivity contribution is 7.92. The number of hydrogen-bond donors (Lipinski definition) is 1. The molecule has 0 spiro atoms. The molecule has 17 heavy (non-hydrogen) atoms. The zero-order valence-corrected chi connectivity index (χ0v) is 12.3. The number of hydrogen-bond acceptors (Lipinski definition) is 4. The van der Waals surface area contributed by atoms with Crippen LogP contribution in [-0.2, 0) is 9.84 Å². The zero-order chi connectivity index (χ0) is 13.1. The SMILES string of the molecule is CCCN(CCS(=O)(=O)C(C)(C)C)C1CNC1. The Kier molecular flexibility index (Phi) is 4.98. The number of nitrogens with one attached hydrogen (secondary N) is 1. The third-order valence-corrected chi connectivity index (χ3v) is 5.95. The summed E-state index contributed by atoms with van der Waals surface area (Å²) in [5, 5.41) is 3.24. The molecule has 0 saturated carbocycles. The van der Waals surface area contributed by atoms with Gasteiger partial charge in [0, 0.05) is 25.7 Å². The van der Waals surface area contributed by atoms with Gasteiger partial charge in [-0.1, -0.05) is 6.92 Å². The molecule has 0 aliphatic carbocycles. The van der Waals surface area contributed by atoms with Gasteiger partial charge in [-0.2, -0.15) is 0 Å². The summed E-state index contributed by atoms with van der Waals surface area (Å²) < 4.78 is 23.5. The van der Waals surface area contributed by atoms with Crippen LogP contribution in [0.25, 0.3) is 0 Å². The van der Waals surface area contributed by atoms with Crippen molar-refractivity contribution in [3.8, 4) is 0 Å². The van der Waals surface area contributed by atoms with Crippen LogP contribution in [0.15, 0.2) is 0 Å². The van der Waals surface area contributed by atoms with Gasteiger partial charge in [0.2, 0.25) is 0 Å². The molecule has 0 atom stereocenters. The molecule has 1 aliphatic heterocycles. The molecule has 1 fully saturated rings. The van der Waals surface area contributed by atoms with Crippen LogP contribution in [-0.4, -0.2) is 56.0 Å². The second kappa shape index (κ2) is 5.67. The van der Waals surface area contributed by atoms with Crippen LogP contribution in [0.1, 0.15) is 34.1 Å². The molecule has 1 N–H and O–H groups in total. The fourth-order valence-electron chi connectivity index (χ4n) is 1.84. The lowest BCUT2D eigenvalue weighted by Crippen LogP contribution is -2.58. The standard InChI is InChI=1S/C12H26N2O2S/c1-5-6-14(11-9-13-10-11)7-8-17(15,16)12(2,3)4/h11,13H,5-10H2,1-4H3. The van der Waals surface area contributed by atoms with E-state index in [9.17, 15) is 8.42 Å². The molecule has 4 nitrogen and oxygen atoms in total. The van der Waals surface area contributed by atoms with Crippen molar-refractivity contribution < 1.29 is 8.42 Å². The molecule has 102 valence electrons. The lowest BCUT2D eigenvalue weighted by Gasteiger charge is -2.38. The molecule has 5 heteroatoms. The van der Waals surface area contributed by atoms with E-state index in [-0.39, 0.29) is 5.75 Å². The second-order valence-corrected chi connectivity index (χ2v) is 8.64. The fraction of sp³-hybridized carbons (Fsp3) is 1.00. The fourth-order valence-corrected chi connectivity index (χ4v) is 2.93. The topological polar surface area (TPSA) is 49.4 Å². The lowest BCUT2D eigenvalue weighted by molar-refractivity contribution is 0.154. The Hall–Kier alpha value is -0.130. The van der Waals surface area contributed by atoms with Crippen LogP contribution in [0, 0.1) is 0 Å². The van der Waals surface area contributed by atoms with Crippen LogP contribution < -0.4 is 5.32 Å². The Bertz CT molecular complexity index is 329. The van der Waals surface area contributed by atoms with E-state index in [1.807, 2.05) is 0 Å². The van der Waals surface area contributed by atoms with Crippen molar-refractivity contribution in [1.82, 2.24) is 10.2 Å². The monoisotopic (exact) mass is 262 g/mol. The van der Waals surface area contributed by atoms with Gasteiger partial charge in [0.25, 0.3) is 0 Å². The van der Waals surface area contributed by atoms with Gasteiger partial charge in [0.1, 0.15) is 0 Å². The third-order valence-electron chi connectivity index (χ3n) is 3.37. The van der Waals surface area contributed by atoms with Gasteiger partial charge in [-0.15, -0.1) is 0 Å². The quantitative estimate of drug-likeness (QED) is 0.772. The first-order valence-corrected chi connectivity index (χ1v) is 8.10. The maximum Gasteiger partial charge on any atom is 0.156 e. The van der Waals surface area contributed by atoms with Crippen molar-refractivity contribution in [1.29, 1.82) is 0 Å². The highest BCUT2D eigenvalue weighted by atomic mass is 32.2. The maximum atomic E-state index is 12.0. The minimum absolute atomic E-state index is 0.271. The molecule has 0 aromatic heterocycles. The summed E-state index contributed by atoms with van der Waals surface area (Å²) in [6.45, 7) is 11.1. The molecule has 0 unspecified atom stereocenters. The van der Waals surface area contributed by atoms with E-state index in [2.05, 4.69) is 17.1 Å². The minimum atomic E-state index is -2.99. The molecular weight excluding hydrogens is 236 g/mol. The molecule has 0 bridgehead atoms. The molecule has 0 aromatic carbocycles. The molecule has 0 radical (unpaired) electrons. The van der Waals surface area contributed by atoms with Gasteiger partial charge in [0.05, 0.1) is 10.5 Å². The van der Waals surface area contributed by atoms with Crippen molar-refractivity contribution >= 4 is 9.84 Å². The largest absolute Gasteiger partial charge is 0.314 e.